The van der Waals surface area contributed by atoms with Crippen molar-refractivity contribution in [2.75, 3.05) is 13.1 Å². The first-order valence-electron chi connectivity index (χ1n) is 6.17. The van der Waals surface area contributed by atoms with E-state index in [4.69, 9.17) is 0 Å². The van der Waals surface area contributed by atoms with Crippen LogP contribution in [0.2, 0.25) is 0 Å². The molecule has 7 heteroatoms. The highest BCUT2D eigenvalue weighted by Gasteiger charge is 2.19. The van der Waals surface area contributed by atoms with E-state index in [0.29, 0.717) is 6.07 Å². The Morgan fingerprint density at radius 2 is 2.05 bits per heavy atom. The Hall–Kier alpha value is -1.05. The minimum atomic E-state index is -3.80. The second kappa shape index (κ2) is 5.94. The van der Waals surface area contributed by atoms with Gasteiger partial charge in [0, 0.05) is 12.6 Å². The molecule has 1 aliphatic heterocycles. The second-order valence-corrected chi connectivity index (χ2v) is 6.34. The van der Waals surface area contributed by atoms with Crippen molar-refractivity contribution in [1.29, 1.82) is 0 Å². The molecule has 2 N–H and O–H groups in total. The molecule has 1 heterocycles. The average molecular weight is 290 g/mol. The van der Waals surface area contributed by atoms with E-state index in [9.17, 15) is 17.2 Å². The predicted molar refractivity (Wildman–Crippen MR) is 67.2 cm³/mol. The maximum Gasteiger partial charge on any atom is 0.240 e. The summed E-state index contributed by atoms with van der Waals surface area (Å²) in [6, 6.07) is 2.64. The van der Waals surface area contributed by atoms with E-state index >= 15 is 0 Å². The summed E-state index contributed by atoms with van der Waals surface area (Å²) in [6.45, 7) is 1.12. The number of hydrogen-bond acceptors (Lipinski definition) is 3. The normalized spacial score (nSPS) is 20.4. The Morgan fingerprint density at radius 1 is 1.26 bits per heavy atom. The van der Waals surface area contributed by atoms with Gasteiger partial charge in [0.1, 0.15) is 0 Å². The first kappa shape index (κ1) is 14.4. The molecular formula is C12H16F2N2O2S. The first-order valence-corrected chi connectivity index (χ1v) is 7.65. The molecule has 1 atom stereocenters. The molecule has 0 spiro atoms. The van der Waals surface area contributed by atoms with Crippen molar-refractivity contribution < 1.29 is 17.2 Å². The van der Waals surface area contributed by atoms with Crippen molar-refractivity contribution in [1.82, 2.24) is 10.0 Å². The van der Waals surface area contributed by atoms with Gasteiger partial charge in [-0.25, -0.2) is 21.9 Å². The third kappa shape index (κ3) is 3.71. The van der Waals surface area contributed by atoms with E-state index in [1.165, 1.54) is 0 Å². The molecule has 19 heavy (non-hydrogen) atoms. The number of piperidine rings is 1. The van der Waals surface area contributed by atoms with Gasteiger partial charge in [0.05, 0.1) is 4.90 Å². The lowest BCUT2D eigenvalue weighted by Gasteiger charge is -2.23. The van der Waals surface area contributed by atoms with Crippen molar-refractivity contribution in [3.8, 4) is 0 Å². The van der Waals surface area contributed by atoms with Crippen LogP contribution in [0.5, 0.6) is 0 Å². The van der Waals surface area contributed by atoms with Crippen LogP contribution in [0.15, 0.2) is 23.1 Å². The molecule has 1 aromatic rings. The molecule has 0 aliphatic carbocycles. The number of rotatable bonds is 4. The zero-order valence-corrected chi connectivity index (χ0v) is 11.1. The van der Waals surface area contributed by atoms with E-state index < -0.39 is 21.7 Å². The van der Waals surface area contributed by atoms with Gasteiger partial charge in [-0.1, -0.05) is 6.42 Å². The molecule has 1 aromatic carbocycles. The fourth-order valence-electron chi connectivity index (χ4n) is 2.04. The van der Waals surface area contributed by atoms with Crippen LogP contribution in [0, 0.1) is 11.6 Å². The number of nitrogens with one attached hydrogen (secondary N) is 2. The van der Waals surface area contributed by atoms with Crippen LogP contribution >= 0.6 is 0 Å². The van der Waals surface area contributed by atoms with Crippen molar-refractivity contribution >= 4 is 10.0 Å². The van der Waals surface area contributed by atoms with Gasteiger partial charge >= 0.3 is 0 Å². The monoisotopic (exact) mass is 290 g/mol. The van der Waals surface area contributed by atoms with Crippen molar-refractivity contribution in [3.63, 3.8) is 0 Å². The average Bonchev–Trinajstić information content (AvgIpc) is 2.41. The van der Waals surface area contributed by atoms with Gasteiger partial charge in [0.2, 0.25) is 10.0 Å². The number of halogens is 2. The summed E-state index contributed by atoms with van der Waals surface area (Å²) < 4.78 is 52.0. The summed E-state index contributed by atoms with van der Waals surface area (Å²) in [4.78, 5) is -0.262. The summed E-state index contributed by atoms with van der Waals surface area (Å²) in [6.07, 6.45) is 3.05. The Labute approximate surface area is 111 Å². The summed E-state index contributed by atoms with van der Waals surface area (Å²) in [5.74, 6) is -2.23. The summed E-state index contributed by atoms with van der Waals surface area (Å²) >= 11 is 0. The molecule has 0 saturated carbocycles. The van der Waals surface area contributed by atoms with Gasteiger partial charge in [-0.15, -0.1) is 0 Å². The molecule has 1 saturated heterocycles. The molecule has 1 fully saturated rings. The lowest BCUT2D eigenvalue weighted by Crippen LogP contribution is -2.43. The Bertz CT molecular complexity index is 543. The third-order valence-corrected chi connectivity index (χ3v) is 4.55. The van der Waals surface area contributed by atoms with E-state index in [2.05, 4.69) is 10.0 Å². The summed E-state index contributed by atoms with van der Waals surface area (Å²) in [5.41, 5.74) is 0. The lowest BCUT2D eigenvalue weighted by molar-refractivity contribution is 0.398. The summed E-state index contributed by atoms with van der Waals surface area (Å²) in [7, 11) is -3.80. The SMILES string of the molecule is O=S(=O)(NCC1CCCCN1)c1ccc(F)c(F)c1. The van der Waals surface area contributed by atoms with Crippen LogP contribution in [-0.4, -0.2) is 27.5 Å². The minimum Gasteiger partial charge on any atom is -0.313 e. The van der Waals surface area contributed by atoms with Crippen LogP contribution < -0.4 is 10.0 Å². The number of sulfonamides is 1. The van der Waals surface area contributed by atoms with Crippen LogP contribution in [-0.2, 0) is 10.0 Å². The Balaban J connectivity index is 2.02. The van der Waals surface area contributed by atoms with Gasteiger partial charge in [-0.3, -0.25) is 0 Å². The zero-order valence-electron chi connectivity index (χ0n) is 10.3. The number of hydrogen-bond donors (Lipinski definition) is 2. The van der Waals surface area contributed by atoms with E-state index in [1.807, 2.05) is 0 Å². The molecule has 106 valence electrons. The molecule has 0 radical (unpaired) electrons. The Kier molecular flexibility index (Phi) is 4.49. The molecule has 4 nitrogen and oxygen atoms in total. The molecular weight excluding hydrogens is 274 g/mol. The van der Waals surface area contributed by atoms with Crippen molar-refractivity contribution in [2.45, 2.75) is 30.2 Å². The molecule has 2 rings (SSSR count). The standard InChI is InChI=1S/C12H16F2N2O2S/c13-11-5-4-10(7-12(11)14)19(17,18)16-8-9-3-1-2-6-15-9/h4-5,7,9,15-16H,1-3,6,8H2. The quantitative estimate of drug-likeness (QED) is 0.881. The van der Waals surface area contributed by atoms with Crippen molar-refractivity contribution in [2.24, 2.45) is 0 Å². The fourth-order valence-corrected chi connectivity index (χ4v) is 3.13. The van der Waals surface area contributed by atoms with Gasteiger partial charge < -0.3 is 5.32 Å². The third-order valence-electron chi connectivity index (χ3n) is 3.13. The molecule has 1 unspecified atom stereocenters. The molecule has 1 aliphatic rings. The van der Waals surface area contributed by atoms with Gasteiger partial charge in [0.15, 0.2) is 11.6 Å². The van der Waals surface area contributed by atoms with Gasteiger partial charge in [-0.2, -0.15) is 0 Å². The smallest absolute Gasteiger partial charge is 0.240 e. The topological polar surface area (TPSA) is 58.2 Å². The van der Waals surface area contributed by atoms with Crippen LogP contribution in [0.1, 0.15) is 19.3 Å². The van der Waals surface area contributed by atoms with E-state index in [1.54, 1.807) is 0 Å². The van der Waals surface area contributed by atoms with Crippen LogP contribution in [0.25, 0.3) is 0 Å². The second-order valence-electron chi connectivity index (χ2n) is 4.57. The molecule has 0 aromatic heterocycles. The largest absolute Gasteiger partial charge is 0.313 e. The molecule has 0 bridgehead atoms. The summed E-state index contributed by atoms with van der Waals surface area (Å²) in [5, 5.41) is 3.20. The highest BCUT2D eigenvalue weighted by Crippen LogP contribution is 2.14. The van der Waals surface area contributed by atoms with E-state index in [-0.39, 0.29) is 17.5 Å². The maximum absolute atomic E-state index is 13.0. The minimum absolute atomic E-state index is 0.0915. The van der Waals surface area contributed by atoms with Crippen molar-refractivity contribution in [3.05, 3.63) is 29.8 Å². The molecule has 0 amide bonds. The first-order chi connectivity index (χ1) is 8.99. The number of benzene rings is 1. The Morgan fingerprint density at radius 3 is 2.68 bits per heavy atom. The predicted octanol–water partition coefficient (Wildman–Crippen LogP) is 1.39. The van der Waals surface area contributed by atoms with Crippen LogP contribution in [0.3, 0.4) is 0 Å². The zero-order chi connectivity index (χ0) is 13.9. The van der Waals surface area contributed by atoms with Gasteiger partial charge in [0.25, 0.3) is 0 Å². The van der Waals surface area contributed by atoms with Crippen LogP contribution in [0.4, 0.5) is 8.78 Å². The highest BCUT2D eigenvalue weighted by atomic mass is 32.2. The van der Waals surface area contributed by atoms with Gasteiger partial charge in [-0.05, 0) is 37.6 Å². The maximum atomic E-state index is 13.0. The fraction of sp³-hybridized carbons (Fsp3) is 0.500. The van der Waals surface area contributed by atoms with E-state index in [0.717, 1.165) is 37.9 Å². The highest BCUT2D eigenvalue weighted by molar-refractivity contribution is 7.89. The lowest BCUT2D eigenvalue weighted by atomic mass is 10.1.